The molecule has 1 aromatic heterocycles. The quantitative estimate of drug-likeness (QED) is 0.202. The number of aromatic nitrogens is 2. The number of nitrogens with zero attached hydrogens (tertiary/aromatic N) is 2. The number of benzene rings is 5. The summed E-state index contributed by atoms with van der Waals surface area (Å²) in [4.78, 5) is 17.1. The van der Waals surface area contributed by atoms with Crippen LogP contribution in [-0.4, -0.2) is 29.7 Å². The Morgan fingerprint density at radius 3 is 2.00 bits per heavy atom. The third-order valence-electron chi connectivity index (χ3n) is 8.33. The number of imidazole rings is 1. The predicted octanol–water partition coefficient (Wildman–Crippen LogP) is 7.62. The van der Waals surface area contributed by atoms with Gasteiger partial charge in [-0.25, -0.2) is 4.98 Å². The molecule has 1 heterocycles. The SMILES string of the molecule is COc1ccc(-c2nc(-c3ccc4c(c3)-c3ccccc3C4)n(Cc3ccc(C(N)=O)cc3)c2-c2ccc(OC)cc2)cc1. The highest BCUT2D eigenvalue weighted by Crippen LogP contribution is 2.42. The Labute approximate surface area is 256 Å². The van der Waals surface area contributed by atoms with Crippen LogP contribution in [0.25, 0.3) is 45.0 Å². The van der Waals surface area contributed by atoms with Crippen LogP contribution in [0.4, 0.5) is 0 Å². The highest BCUT2D eigenvalue weighted by atomic mass is 16.5. The minimum Gasteiger partial charge on any atom is -0.497 e. The van der Waals surface area contributed by atoms with Gasteiger partial charge in [0.05, 0.1) is 25.6 Å². The summed E-state index contributed by atoms with van der Waals surface area (Å²) >= 11 is 0. The van der Waals surface area contributed by atoms with Crippen LogP contribution in [0.3, 0.4) is 0 Å². The number of rotatable bonds is 8. The molecule has 1 aliphatic carbocycles. The maximum atomic E-state index is 11.8. The Balaban J connectivity index is 1.46. The van der Waals surface area contributed by atoms with E-state index < -0.39 is 5.91 Å². The van der Waals surface area contributed by atoms with E-state index in [4.69, 9.17) is 20.2 Å². The van der Waals surface area contributed by atoms with Gasteiger partial charge in [0.25, 0.3) is 0 Å². The molecule has 7 rings (SSSR count). The Morgan fingerprint density at radius 1 is 0.727 bits per heavy atom. The fourth-order valence-corrected chi connectivity index (χ4v) is 6.04. The first-order chi connectivity index (χ1) is 21.5. The van der Waals surface area contributed by atoms with E-state index in [1.54, 1.807) is 26.4 Å². The van der Waals surface area contributed by atoms with Crippen molar-refractivity contribution in [3.8, 4) is 56.5 Å². The van der Waals surface area contributed by atoms with Crippen molar-refractivity contribution in [3.63, 3.8) is 0 Å². The molecule has 0 saturated heterocycles. The zero-order chi connectivity index (χ0) is 30.2. The molecule has 6 aromatic rings. The summed E-state index contributed by atoms with van der Waals surface area (Å²) in [6.45, 7) is 0.534. The van der Waals surface area contributed by atoms with E-state index in [0.29, 0.717) is 12.1 Å². The van der Waals surface area contributed by atoms with E-state index in [-0.39, 0.29) is 0 Å². The molecule has 1 amide bonds. The first-order valence-electron chi connectivity index (χ1n) is 14.5. The maximum absolute atomic E-state index is 11.8. The number of carbonyl (C=O) groups excluding carboxylic acids is 1. The number of ether oxygens (including phenoxy) is 2. The zero-order valence-corrected chi connectivity index (χ0v) is 24.6. The van der Waals surface area contributed by atoms with E-state index in [1.165, 1.54) is 22.3 Å². The van der Waals surface area contributed by atoms with Gasteiger partial charge in [-0.3, -0.25) is 4.79 Å². The molecule has 0 bridgehead atoms. The lowest BCUT2D eigenvalue weighted by molar-refractivity contribution is 0.1000. The number of fused-ring (bicyclic) bond motifs is 3. The van der Waals surface area contributed by atoms with Crippen molar-refractivity contribution < 1.29 is 14.3 Å². The van der Waals surface area contributed by atoms with Crippen LogP contribution in [0.15, 0.2) is 115 Å². The van der Waals surface area contributed by atoms with Gasteiger partial charge in [0, 0.05) is 28.8 Å². The second-order valence-corrected chi connectivity index (χ2v) is 10.9. The van der Waals surface area contributed by atoms with Crippen molar-refractivity contribution in [2.24, 2.45) is 5.73 Å². The zero-order valence-electron chi connectivity index (χ0n) is 24.6. The Hall–Kier alpha value is -5.62. The monoisotopic (exact) mass is 577 g/mol. The summed E-state index contributed by atoms with van der Waals surface area (Å²) in [7, 11) is 3.34. The Bertz CT molecular complexity index is 1990. The maximum Gasteiger partial charge on any atom is 0.248 e. The molecule has 0 radical (unpaired) electrons. The van der Waals surface area contributed by atoms with Crippen LogP contribution < -0.4 is 15.2 Å². The van der Waals surface area contributed by atoms with E-state index >= 15 is 0 Å². The van der Waals surface area contributed by atoms with Crippen LogP contribution >= 0.6 is 0 Å². The van der Waals surface area contributed by atoms with Gasteiger partial charge < -0.3 is 19.8 Å². The molecule has 0 aliphatic heterocycles. The second-order valence-electron chi connectivity index (χ2n) is 10.9. The second kappa shape index (κ2) is 11.2. The minimum absolute atomic E-state index is 0.445. The third kappa shape index (κ3) is 4.90. The number of primary amides is 1. The molecule has 0 saturated carbocycles. The molecular weight excluding hydrogens is 546 g/mol. The van der Waals surface area contributed by atoms with Crippen molar-refractivity contribution in [1.82, 2.24) is 9.55 Å². The minimum atomic E-state index is -0.445. The largest absolute Gasteiger partial charge is 0.497 e. The van der Waals surface area contributed by atoms with Crippen LogP contribution in [0.1, 0.15) is 27.0 Å². The number of nitrogens with two attached hydrogens (primary N) is 1. The van der Waals surface area contributed by atoms with Gasteiger partial charge in [0.15, 0.2) is 0 Å². The predicted molar refractivity (Wildman–Crippen MR) is 174 cm³/mol. The molecule has 216 valence electrons. The highest BCUT2D eigenvalue weighted by Gasteiger charge is 2.24. The third-order valence-corrected chi connectivity index (χ3v) is 8.33. The molecule has 44 heavy (non-hydrogen) atoms. The molecule has 1 aliphatic rings. The standard InChI is InChI=1S/C38H31N3O3/c1-43-31-17-13-25(14-18-31)35-36(26-15-19-32(44-2)20-16-26)41(23-24-7-9-27(10-8-24)37(39)42)38(40-35)30-12-11-29-21-28-5-3-4-6-33(28)34(29)22-30/h3-20,22H,21,23H2,1-2H3,(H2,39,42). The van der Waals surface area contributed by atoms with Gasteiger partial charge in [0.1, 0.15) is 17.3 Å². The topological polar surface area (TPSA) is 79.4 Å². The molecule has 0 spiro atoms. The molecule has 2 N–H and O–H groups in total. The molecular formula is C38H31N3O3. The van der Waals surface area contributed by atoms with Crippen molar-refractivity contribution in [1.29, 1.82) is 0 Å². The number of carbonyl (C=O) groups is 1. The van der Waals surface area contributed by atoms with E-state index in [9.17, 15) is 4.79 Å². The number of amides is 1. The van der Waals surface area contributed by atoms with E-state index in [1.807, 2.05) is 48.5 Å². The lowest BCUT2D eigenvalue weighted by atomic mass is 10.0. The van der Waals surface area contributed by atoms with Crippen LogP contribution in [-0.2, 0) is 13.0 Å². The molecule has 0 fully saturated rings. The molecule has 6 heteroatoms. The average Bonchev–Trinajstić information content (AvgIpc) is 3.63. The van der Waals surface area contributed by atoms with Crippen molar-refractivity contribution in [3.05, 3.63) is 138 Å². The number of hydrogen-bond donors (Lipinski definition) is 1. The first-order valence-corrected chi connectivity index (χ1v) is 14.5. The van der Waals surface area contributed by atoms with Gasteiger partial charge >= 0.3 is 0 Å². The lowest BCUT2D eigenvalue weighted by Gasteiger charge is -2.15. The Morgan fingerprint density at radius 2 is 1.34 bits per heavy atom. The number of hydrogen-bond acceptors (Lipinski definition) is 4. The Kier molecular flexibility index (Phi) is 6.95. The summed E-state index contributed by atoms with van der Waals surface area (Å²) < 4.78 is 13.2. The van der Waals surface area contributed by atoms with Crippen molar-refractivity contribution >= 4 is 5.91 Å². The number of methoxy groups -OCH3 is 2. The van der Waals surface area contributed by atoms with Crippen LogP contribution in [0.5, 0.6) is 11.5 Å². The van der Waals surface area contributed by atoms with Gasteiger partial charge in [-0.05, 0) is 101 Å². The summed E-state index contributed by atoms with van der Waals surface area (Å²) in [6.07, 6.45) is 0.931. The van der Waals surface area contributed by atoms with Crippen molar-refractivity contribution in [2.45, 2.75) is 13.0 Å². The van der Waals surface area contributed by atoms with Gasteiger partial charge in [-0.15, -0.1) is 0 Å². The van der Waals surface area contributed by atoms with E-state index in [2.05, 4.69) is 59.2 Å². The fraction of sp³-hybridized carbons (Fsp3) is 0.105. The molecule has 6 nitrogen and oxygen atoms in total. The van der Waals surface area contributed by atoms with Crippen molar-refractivity contribution in [2.75, 3.05) is 14.2 Å². The summed E-state index contributed by atoms with van der Waals surface area (Å²) in [5.74, 6) is 1.98. The lowest BCUT2D eigenvalue weighted by Crippen LogP contribution is -2.11. The van der Waals surface area contributed by atoms with Gasteiger partial charge in [-0.1, -0.05) is 48.5 Å². The first kappa shape index (κ1) is 27.2. The van der Waals surface area contributed by atoms with Gasteiger partial charge in [-0.2, -0.15) is 0 Å². The summed E-state index contributed by atoms with van der Waals surface area (Å²) in [5.41, 5.74) is 17.1. The summed E-state index contributed by atoms with van der Waals surface area (Å²) in [6, 6.07) is 38.8. The van der Waals surface area contributed by atoms with Gasteiger partial charge in [0.2, 0.25) is 5.91 Å². The highest BCUT2D eigenvalue weighted by molar-refractivity contribution is 5.92. The molecule has 0 atom stereocenters. The van der Waals surface area contributed by atoms with E-state index in [0.717, 1.165) is 57.4 Å². The van der Waals surface area contributed by atoms with Crippen LogP contribution in [0.2, 0.25) is 0 Å². The van der Waals surface area contributed by atoms with Crippen LogP contribution in [0, 0.1) is 0 Å². The molecule has 0 unspecified atom stereocenters. The molecule has 5 aromatic carbocycles. The normalized spacial score (nSPS) is 11.6. The summed E-state index contributed by atoms with van der Waals surface area (Å²) in [5, 5.41) is 0. The smallest absolute Gasteiger partial charge is 0.248 e. The average molecular weight is 578 g/mol. The fourth-order valence-electron chi connectivity index (χ4n) is 6.04.